The molecule has 7 heteroatoms. The molecule has 0 spiro atoms. The second-order valence-corrected chi connectivity index (χ2v) is 7.19. The lowest BCUT2D eigenvalue weighted by atomic mass is 10.1. The molecule has 0 unspecified atom stereocenters. The van der Waals surface area contributed by atoms with E-state index in [0.717, 1.165) is 15.5 Å². The first-order chi connectivity index (χ1) is 12.0. The molecule has 0 amide bonds. The molecule has 4 nitrogen and oxygen atoms in total. The van der Waals surface area contributed by atoms with E-state index in [1.807, 2.05) is 24.3 Å². The van der Waals surface area contributed by atoms with Crippen molar-refractivity contribution in [1.29, 1.82) is 0 Å². The Balaban J connectivity index is 1.90. The third-order valence-electron chi connectivity index (χ3n) is 3.79. The number of benzene rings is 2. The lowest BCUT2D eigenvalue weighted by Crippen LogP contribution is -2.02. The molecule has 0 aliphatic rings. The number of imidazole rings is 1. The van der Waals surface area contributed by atoms with E-state index in [-0.39, 0.29) is 0 Å². The van der Waals surface area contributed by atoms with Crippen LogP contribution in [0.25, 0.3) is 27.9 Å². The fraction of sp³-hybridized carbons (Fsp3) is 0. The molecule has 0 atom stereocenters. The number of hydrogen-bond acceptors (Lipinski definition) is 3. The maximum Gasteiger partial charge on any atom is 0.345 e. The zero-order valence-corrected chi connectivity index (χ0v) is 15.8. The van der Waals surface area contributed by atoms with E-state index in [1.54, 1.807) is 35.0 Å². The molecule has 0 saturated carbocycles. The predicted molar refractivity (Wildman–Crippen MR) is 105 cm³/mol. The van der Waals surface area contributed by atoms with Gasteiger partial charge >= 0.3 is 5.63 Å². The lowest BCUT2D eigenvalue weighted by Gasteiger charge is -2.02. The van der Waals surface area contributed by atoms with Crippen molar-refractivity contribution in [3.63, 3.8) is 0 Å². The van der Waals surface area contributed by atoms with Gasteiger partial charge in [-0.25, -0.2) is 4.79 Å². The minimum absolute atomic E-state index is 0.398. The van der Waals surface area contributed by atoms with Crippen LogP contribution in [0.5, 0.6) is 0 Å². The van der Waals surface area contributed by atoms with Gasteiger partial charge in [-0.1, -0.05) is 33.6 Å². The van der Waals surface area contributed by atoms with Gasteiger partial charge in [0.05, 0.1) is 11.3 Å². The molecule has 124 valence electrons. The van der Waals surface area contributed by atoms with Crippen molar-refractivity contribution < 1.29 is 4.42 Å². The molecule has 2 aromatic carbocycles. The van der Waals surface area contributed by atoms with E-state index in [0.29, 0.717) is 26.6 Å². The van der Waals surface area contributed by atoms with E-state index in [1.165, 1.54) is 0 Å². The van der Waals surface area contributed by atoms with Gasteiger partial charge in [0.1, 0.15) is 5.58 Å². The summed E-state index contributed by atoms with van der Waals surface area (Å²) >= 11 is 14.9. The van der Waals surface area contributed by atoms with Gasteiger partial charge in [0.25, 0.3) is 0 Å². The maximum atomic E-state index is 12.4. The summed E-state index contributed by atoms with van der Waals surface area (Å²) in [5.74, 6) is 0. The summed E-state index contributed by atoms with van der Waals surface area (Å²) in [5, 5.41) is 1.32. The highest BCUT2D eigenvalue weighted by Gasteiger charge is 2.12. The molecule has 4 rings (SSSR count). The highest BCUT2D eigenvalue weighted by Crippen LogP contribution is 2.24. The average molecular weight is 434 g/mol. The lowest BCUT2D eigenvalue weighted by molar-refractivity contribution is 0.563. The average Bonchev–Trinajstić information content (AvgIpc) is 2.96. The molecule has 0 radical (unpaired) electrons. The molecule has 0 fully saturated rings. The highest BCUT2D eigenvalue weighted by atomic mass is 79.9. The van der Waals surface area contributed by atoms with Gasteiger partial charge in [0.15, 0.2) is 4.77 Å². The largest absolute Gasteiger partial charge is 0.422 e. The van der Waals surface area contributed by atoms with E-state index < -0.39 is 5.63 Å². The Morgan fingerprint density at radius 3 is 2.80 bits per heavy atom. The first-order valence-electron chi connectivity index (χ1n) is 7.33. The fourth-order valence-electron chi connectivity index (χ4n) is 2.63. The first kappa shape index (κ1) is 16.3. The number of halogens is 2. The minimum Gasteiger partial charge on any atom is -0.422 e. The first-order valence-corrected chi connectivity index (χ1v) is 8.90. The van der Waals surface area contributed by atoms with Crippen LogP contribution in [-0.2, 0) is 0 Å². The minimum atomic E-state index is -0.438. The number of nitrogens with one attached hydrogen (secondary N) is 1. The van der Waals surface area contributed by atoms with Gasteiger partial charge in [0.2, 0.25) is 0 Å². The number of nitrogens with zero attached hydrogens (tertiary/aromatic N) is 1. The van der Waals surface area contributed by atoms with Crippen molar-refractivity contribution >= 4 is 50.7 Å². The number of aromatic nitrogens is 2. The van der Waals surface area contributed by atoms with Gasteiger partial charge in [-0.3, -0.25) is 4.57 Å². The second kappa shape index (κ2) is 6.29. The monoisotopic (exact) mass is 432 g/mol. The van der Waals surface area contributed by atoms with Crippen molar-refractivity contribution in [1.82, 2.24) is 9.55 Å². The molecule has 1 N–H and O–H groups in total. The number of H-pyrrole nitrogens is 1. The summed E-state index contributed by atoms with van der Waals surface area (Å²) in [6.07, 6.45) is 1.78. The van der Waals surface area contributed by atoms with E-state index >= 15 is 0 Å². The van der Waals surface area contributed by atoms with Crippen LogP contribution in [0, 0.1) is 4.77 Å². The molecule has 2 heterocycles. The number of rotatable bonds is 2. The zero-order valence-electron chi connectivity index (χ0n) is 12.6. The van der Waals surface area contributed by atoms with Crippen molar-refractivity contribution in [2.24, 2.45) is 0 Å². The molecule has 2 aromatic heterocycles. The summed E-state index contributed by atoms with van der Waals surface area (Å²) in [4.78, 5) is 15.4. The Labute approximate surface area is 160 Å². The third-order valence-corrected chi connectivity index (χ3v) is 4.82. The quantitative estimate of drug-likeness (QED) is 0.325. The standard InChI is InChI=1S/C18H10BrClN2O2S/c19-11-2-1-3-13(8-11)22-9-15(21-18(22)25)14-7-10-6-12(20)4-5-16(10)24-17(14)23/h1-9H,(H,21,25). The van der Waals surface area contributed by atoms with Crippen LogP contribution in [0.15, 0.2) is 68.4 Å². The van der Waals surface area contributed by atoms with Crippen LogP contribution in [0.3, 0.4) is 0 Å². The third kappa shape index (κ3) is 3.08. The SMILES string of the molecule is O=c1oc2ccc(Cl)cc2cc1-c1cn(-c2cccc(Br)c2)c(=S)[nH]1. The smallest absolute Gasteiger partial charge is 0.345 e. The van der Waals surface area contributed by atoms with Gasteiger partial charge < -0.3 is 9.40 Å². The van der Waals surface area contributed by atoms with Crippen molar-refractivity contribution in [2.75, 3.05) is 0 Å². The summed E-state index contributed by atoms with van der Waals surface area (Å²) in [6.45, 7) is 0. The Hall–Kier alpha value is -2.15. The fourth-order valence-corrected chi connectivity index (χ4v) is 3.47. The number of aromatic amines is 1. The summed E-state index contributed by atoms with van der Waals surface area (Å²) in [6, 6.07) is 14.6. The zero-order chi connectivity index (χ0) is 17.6. The normalized spacial score (nSPS) is 11.1. The number of hydrogen-bond donors (Lipinski definition) is 1. The van der Waals surface area contributed by atoms with E-state index in [4.69, 9.17) is 28.2 Å². The van der Waals surface area contributed by atoms with Crippen LogP contribution in [0.1, 0.15) is 0 Å². The molecule has 0 saturated heterocycles. The molecule has 0 bridgehead atoms. The van der Waals surface area contributed by atoms with E-state index in [2.05, 4.69) is 20.9 Å². The Morgan fingerprint density at radius 2 is 2.00 bits per heavy atom. The molecule has 4 aromatic rings. The van der Waals surface area contributed by atoms with Crippen LogP contribution in [0.4, 0.5) is 0 Å². The Kier molecular flexibility index (Phi) is 4.11. The summed E-state index contributed by atoms with van der Waals surface area (Å²) in [5.41, 5.74) is 1.92. The summed E-state index contributed by atoms with van der Waals surface area (Å²) in [7, 11) is 0. The van der Waals surface area contributed by atoms with Crippen LogP contribution in [0.2, 0.25) is 5.02 Å². The van der Waals surface area contributed by atoms with Crippen LogP contribution >= 0.6 is 39.7 Å². The Bertz CT molecular complexity index is 1230. The number of fused-ring (bicyclic) bond motifs is 1. The van der Waals surface area contributed by atoms with Crippen molar-refractivity contribution in [2.45, 2.75) is 0 Å². The topological polar surface area (TPSA) is 50.9 Å². The maximum absolute atomic E-state index is 12.4. The van der Waals surface area contributed by atoms with Crippen molar-refractivity contribution in [3.05, 3.63) is 79.4 Å². The molecule has 25 heavy (non-hydrogen) atoms. The van der Waals surface area contributed by atoms with Gasteiger partial charge in [-0.05, 0) is 54.7 Å². The van der Waals surface area contributed by atoms with Crippen molar-refractivity contribution in [3.8, 4) is 16.9 Å². The molecule has 0 aliphatic heterocycles. The molecular formula is C18H10BrClN2O2S. The summed E-state index contributed by atoms with van der Waals surface area (Å²) < 4.78 is 8.62. The predicted octanol–water partition coefficient (Wildman–Crippen LogP) is 5.72. The van der Waals surface area contributed by atoms with Gasteiger partial charge in [0, 0.05) is 26.8 Å². The van der Waals surface area contributed by atoms with Crippen LogP contribution < -0.4 is 5.63 Å². The van der Waals surface area contributed by atoms with E-state index in [9.17, 15) is 4.79 Å². The molecule has 0 aliphatic carbocycles. The highest BCUT2D eigenvalue weighted by molar-refractivity contribution is 9.10. The second-order valence-electron chi connectivity index (χ2n) is 5.45. The Morgan fingerprint density at radius 1 is 1.16 bits per heavy atom. The molecular weight excluding hydrogens is 424 g/mol. The van der Waals surface area contributed by atoms with Gasteiger partial charge in [-0.15, -0.1) is 0 Å². The van der Waals surface area contributed by atoms with Gasteiger partial charge in [-0.2, -0.15) is 0 Å². The van der Waals surface area contributed by atoms with Crippen LogP contribution in [-0.4, -0.2) is 9.55 Å².